The lowest BCUT2D eigenvalue weighted by molar-refractivity contribution is 0.475. The fourth-order valence-corrected chi connectivity index (χ4v) is 2.19. The van der Waals surface area contributed by atoms with Gasteiger partial charge in [0.2, 0.25) is 5.16 Å². The third kappa shape index (κ3) is 3.02. The van der Waals surface area contributed by atoms with Crippen LogP contribution >= 0.6 is 11.8 Å². The van der Waals surface area contributed by atoms with E-state index in [1.165, 1.54) is 0 Å². The summed E-state index contributed by atoms with van der Waals surface area (Å²) in [4.78, 5) is 0. The molecule has 1 aromatic carbocycles. The SMILES string of the molecule is C#CCCCSc1nnnn1-c1ccc(O)cc1. The van der Waals surface area contributed by atoms with E-state index >= 15 is 0 Å². The monoisotopic (exact) mass is 260 g/mol. The molecule has 18 heavy (non-hydrogen) atoms. The number of hydrogen-bond donors (Lipinski definition) is 1. The highest BCUT2D eigenvalue weighted by atomic mass is 32.2. The zero-order valence-electron chi connectivity index (χ0n) is 9.65. The topological polar surface area (TPSA) is 63.8 Å². The molecule has 0 aliphatic heterocycles. The van der Waals surface area contributed by atoms with E-state index in [4.69, 9.17) is 6.42 Å². The number of rotatable bonds is 5. The largest absolute Gasteiger partial charge is 0.508 e. The van der Waals surface area contributed by atoms with Gasteiger partial charge in [0.25, 0.3) is 0 Å². The Hall–Kier alpha value is -2.00. The molecule has 0 unspecified atom stereocenters. The van der Waals surface area contributed by atoms with Crippen LogP contribution < -0.4 is 0 Å². The zero-order chi connectivity index (χ0) is 12.8. The minimum absolute atomic E-state index is 0.218. The maximum Gasteiger partial charge on any atom is 0.214 e. The van der Waals surface area contributed by atoms with Crippen LogP contribution in [0, 0.1) is 12.3 Å². The van der Waals surface area contributed by atoms with Gasteiger partial charge in [-0.1, -0.05) is 11.8 Å². The van der Waals surface area contributed by atoms with Crippen molar-refractivity contribution in [1.29, 1.82) is 0 Å². The smallest absolute Gasteiger partial charge is 0.214 e. The summed E-state index contributed by atoms with van der Waals surface area (Å²) in [5.74, 6) is 3.70. The van der Waals surface area contributed by atoms with Gasteiger partial charge in [-0.3, -0.25) is 0 Å². The molecule has 0 aliphatic carbocycles. The molecule has 5 nitrogen and oxygen atoms in total. The maximum absolute atomic E-state index is 9.24. The van der Waals surface area contributed by atoms with E-state index in [0.29, 0.717) is 0 Å². The van der Waals surface area contributed by atoms with Crippen LogP contribution in [0.3, 0.4) is 0 Å². The predicted molar refractivity (Wildman–Crippen MR) is 69.6 cm³/mol. The first-order valence-corrected chi connectivity index (χ1v) is 6.44. The third-order valence-corrected chi connectivity index (χ3v) is 3.24. The Morgan fingerprint density at radius 2 is 2.11 bits per heavy atom. The quantitative estimate of drug-likeness (QED) is 0.505. The van der Waals surface area contributed by atoms with Crippen molar-refractivity contribution >= 4 is 11.8 Å². The summed E-state index contributed by atoms with van der Waals surface area (Å²) < 4.78 is 1.64. The number of unbranched alkanes of at least 4 members (excludes halogenated alkanes) is 1. The molecule has 1 heterocycles. The second-order valence-electron chi connectivity index (χ2n) is 3.55. The first-order chi connectivity index (χ1) is 8.81. The van der Waals surface area contributed by atoms with Crippen molar-refractivity contribution in [2.24, 2.45) is 0 Å². The van der Waals surface area contributed by atoms with Crippen molar-refractivity contribution in [2.45, 2.75) is 18.0 Å². The standard InChI is InChI=1S/C12H12N4OS/c1-2-3-4-9-18-12-13-14-15-16(12)10-5-7-11(17)8-6-10/h1,5-8,17H,3-4,9H2. The summed E-state index contributed by atoms with van der Waals surface area (Å²) >= 11 is 1.56. The fourth-order valence-electron chi connectivity index (χ4n) is 1.36. The van der Waals surface area contributed by atoms with Crippen LogP contribution in [0.2, 0.25) is 0 Å². The first-order valence-electron chi connectivity index (χ1n) is 5.45. The van der Waals surface area contributed by atoms with Gasteiger partial charge in [0.15, 0.2) is 0 Å². The molecule has 92 valence electrons. The molecule has 1 N–H and O–H groups in total. The Balaban J connectivity index is 2.08. The molecule has 0 saturated heterocycles. The molecule has 0 bridgehead atoms. The van der Waals surface area contributed by atoms with E-state index in [1.54, 1.807) is 40.7 Å². The van der Waals surface area contributed by atoms with Crippen LogP contribution in [0.5, 0.6) is 5.75 Å². The number of terminal acetylenes is 1. The second-order valence-corrected chi connectivity index (χ2v) is 4.61. The Morgan fingerprint density at radius 1 is 1.33 bits per heavy atom. The molecule has 6 heteroatoms. The van der Waals surface area contributed by atoms with E-state index in [2.05, 4.69) is 21.4 Å². The summed E-state index contributed by atoms with van der Waals surface area (Å²) in [6.45, 7) is 0. The molecule has 0 fully saturated rings. The van der Waals surface area contributed by atoms with E-state index in [1.807, 2.05) is 0 Å². The molecular formula is C12H12N4OS. The number of phenols is 1. The number of aromatic nitrogens is 4. The molecule has 2 rings (SSSR count). The van der Waals surface area contributed by atoms with Gasteiger partial charge in [0, 0.05) is 12.2 Å². The van der Waals surface area contributed by atoms with Crippen molar-refractivity contribution in [3.8, 4) is 23.8 Å². The molecule has 0 saturated carbocycles. The Kier molecular flexibility index (Phi) is 4.20. The molecule has 0 radical (unpaired) electrons. The summed E-state index contributed by atoms with van der Waals surface area (Å²) in [6.07, 6.45) is 6.89. The summed E-state index contributed by atoms with van der Waals surface area (Å²) in [5, 5.41) is 21.5. The van der Waals surface area contributed by atoms with Gasteiger partial charge in [0.1, 0.15) is 5.75 Å². The van der Waals surface area contributed by atoms with Crippen LogP contribution in [-0.2, 0) is 0 Å². The lowest BCUT2D eigenvalue weighted by atomic mass is 10.3. The van der Waals surface area contributed by atoms with Gasteiger partial charge in [-0.15, -0.1) is 17.4 Å². The lowest BCUT2D eigenvalue weighted by Gasteiger charge is -2.03. The molecule has 2 aromatic rings. The minimum Gasteiger partial charge on any atom is -0.508 e. The average Bonchev–Trinajstić information content (AvgIpc) is 2.84. The number of nitrogens with zero attached hydrogens (tertiary/aromatic N) is 4. The van der Waals surface area contributed by atoms with E-state index < -0.39 is 0 Å². The van der Waals surface area contributed by atoms with Crippen molar-refractivity contribution in [1.82, 2.24) is 20.2 Å². The van der Waals surface area contributed by atoms with Gasteiger partial charge >= 0.3 is 0 Å². The predicted octanol–water partition coefficient (Wildman–Crippen LogP) is 1.87. The number of hydrogen-bond acceptors (Lipinski definition) is 5. The van der Waals surface area contributed by atoms with Crippen LogP contribution in [0.1, 0.15) is 12.8 Å². The van der Waals surface area contributed by atoms with Gasteiger partial charge in [-0.2, -0.15) is 4.68 Å². The second kappa shape index (κ2) is 6.07. The summed E-state index contributed by atoms with van der Waals surface area (Å²) in [6, 6.07) is 6.72. The molecule has 0 amide bonds. The Labute approximate surface area is 109 Å². The highest BCUT2D eigenvalue weighted by Gasteiger charge is 2.08. The zero-order valence-corrected chi connectivity index (χ0v) is 10.5. The number of benzene rings is 1. The lowest BCUT2D eigenvalue weighted by Crippen LogP contribution is -1.98. The average molecular weight is 260 g/mol. The Bertz CT molecular complexity index is 544. The van der Waals surface area contributed by atoms with Gasteiger partial charge in [-0.05, 0) is 41.1 Å². The van der Waals surface area contributed by atoms with Crippen LogP contribution in [0.15, 0.2) is 29.4 Å². The highest BCUT2D eigenvalue weighted by Crippen LogP contribution is 2.20. The molecule has 0 spiro atoms. The van der Waals surface area contributed by atoms with Crippen LogP contribution in [0.25, 0.3) is 5.69 Å². The summed E-state index contributed by atoms with van der Waals surface area (Å²) in [7, 11) is 0. The van der Waals surface area contributed by atoms with E-state index in [9.17, 15) is 5.11 Å². The molecule has 0 aliphatic rings. The third-order valence-electron chi connectivity index (χ3n) is 2.23. The number of tetrazole rings is 1. The molecule has 1 aromatic heterocycles. The van der Waals surface area contributed by atoms with Gasteiger partial charge in [0.05, 0.1) is 5.69 Å². The normalized spacial score (nSPS) is 10.2. The highest BCUT2D eigenvalue weighted by molar-refractivity contribution is 7.99. The van der Waals surface area contributed by atoms with Crippen LogP contribution in [-0.4, -0.2) is 31.1 Å². The maximum atomic E-state index is 9.24. The van der Waals surface area contributed by atoms with Crippen molar-refractivity contribution in [2.75, 3.05) is 5.75 Å². The molecule has 0 atom stereocenters. The fraction of sp³-hybridized carbons (Fsp3) is 0.250. The van der Waals surface area contributed by atoms with Crippen molar-refractivity contribution in [3.63, 3.8) is 0 Å². The first kappa shape index (κ1) is 12.5. The minimum atomic E-state index is 0.218. The Morgan fingerprint density at radius 3 is 2.83 bits per heavy atom. The van der Waals surface area contributed by atoms with Crippen molar-refractivity contribution < 1.29 is 5.11 Å². The summed E-state index contributed by atoms with van der Waals surface area (Å²) in [5.41, 5.74) is 0.817. The van der Waals surface area contributed by atoms with Crippen LogP contribution in [0.4, 0.5) is 0 Å². The number of thioether (sulfide) groups is 1. The number of phenolic OH excluding ortho intramolecular Hbond substituents is 1. The molecular weight excluding hydrogens is 248 g/mol. The van der Waals surface area contributed by atoms with E-state index in [0.717, 1.165) is 29.4 Å². The van der Waals surface area contributed by atoms with Gasteiger partial charge < -0.3 is 5.11 Å². The van der Waals surface area contributed by atoms with Gasteiger partial charge in [-0.25, -0.2) is 0 Å². The van der Waals surface area contributed by atoms with Crippen molar-refractivity contribution in [3.05, 3.63) is 24.3 Å². The number of aromatic hydroxyl groups is 1. The van der Waals surface area contributed by atoms with E-state index in [-0.39, 0.29) is 5.75 Å².